The van der Waals surface area contributed by atoms with Crippen LogP contribution in [0.3, 0.4) is 0 Å². The fraction of sp³-hybridized carbons (Fsp3) is 0.556. The number of nitrogens with zero attached hydrogens (tertiary/aromatic N) is 1. The molecule has 1 aromatic carbocycles. The van der Waals surface area contributed by atoms with Crippen LogP contribution in [0.5, 0.6) is 11.5 Å². The summed E-state index contributed by atoms with van der Waals surface area (Å²) in [7, 11) is 0. The van der Waals surface area contributed by atoms with Gasteiger partial charge in [0.2, 0.25) is 11.8 Å². The van der Waals surface area contributed by atoms with Crippen LogP contribution < -0.4 is 20.5 Å². The third kappa shape index (κ3) is 5.09. The van der Waals surface area contributed by atoms with Gasteiger partial charge in [-0.3, -0.25) is 9.59 Å². The van der Waals surface area contributed by atoms with E-state index in [0.717, 1.165) is 0 Å². The van der Waals surface area contributed by atoms with Gasteiger partial charge in [0.25, 0.3) is 0 Å². The van der Waals surface area contributed by atoms with Gasteiger partial charge < -0.3 is 25.4 Å². The van der Waals surface area contributed by atoms with E-state index < -0.39 is 6.04 Å². The zero-order chi connectivity index (χ0) is 18.4. The van der Waals surface area contributed by atoms with E-state index in [-0.39, 0.29) is 30.4 Å². The number of carbonyl (C=O) groups is 2. The molecule has 1 aliphatic rings. The van der Waals surface area contributed by atoms with Gasteiger partial charge in [0.15, 0.2) is 17.6 Å². The molecule has 2 amide bonds. The van der Waals surface area contributed by atoms with E-state index in [1.165, 1.54) is 0 Å². The molecule has 0 radical (unpaired) electrons. The number of carbonyl (C=O) groups excluding carboxylic acids is 2. The number of benzene rings is 1. The van der Waals surface area contributed by atoms with Crippen molar-refractivity contribution in [3.8, 4) is 11.5 Å². The van der Waals surface area contributed by atoms with E-state index in [2.05, 4.69) is 5.32 Å². The van der Waals surface area contributed by atoms with Gasteiger partial charge in [0, 0.05) is 6.54 Å². The van der Waals surface area contributed by atoms with Crippen LogP contribution in [-0.4, -0.2) is 55.1 Å². The Morgan fingerprint density at radius 2 is 2.00 bits per heavy atom. The quantitative estimate of drug-likeness (QED) is 0.758. The molecule has 7 nitrogen and oxygen atoms in total. The van der Waals surface area contributed by atoms with E-state index in [1.54, 1.807) is 4.90 Å². The Hall–Kier alpha value is -2.28. The van der Waals surface area contributed by atoms with Gasteiger partial charge in [-0.1, -0.05) is 26.0 Å². The maximum atomic E-state index is 12.4. The number of hydrogen-bond acceptors (Lipinski definition) is 5. The zero-order valence-corrected chi connectivity index (χ0v) is 15.0. The summed E-state index contributed by atoms with van der Waals surface area (Å²) in [5, 5.41) is 2.60. The topological polar surface area (TPSA) is 93.9 Å². The second-order valence-corrected chi connectivity index (χ2v) is 6.42. The smallest absolute Gasteiger partial charge is 0.242 e. The first-order valence-electron chi connectivity index (χ1n) is 8.62. The van der Waals surface area contributed by atoms with Crippen molar-refractivity contribution in [2.24, 2.45) is 11.7 Å². The highest BCUT2D eigenvalue weighted by molar-refractivity contribution is 5.87. The molecule has 0 saturated heterocycles. The van der Waals surface area contributed by atoms with Gasteiger partial charge in [0.05, 0.1) is 19.1 Å². The van der Waals surface area contributed by atoms with E-state index in [0.29, 0.717) is 31.2 Å². The Morgan fingerprint density at radius 3 is 2.64 bits per heavy atom. The summed E-state index contributed by atoms with van der Waals surface area (Å²) in [4.78, 5) is 25.9. The van der Waals surface area contributed by atoms with Gasteiger partial charge in [-0.25, -0.2) is 0 Å². The van der Waals surface area contributed by atoms with Gasteiger partial charge in [0.1, 0.15) is 6.61 Å². The molecule has 25 heavy (non-hydrogen) atoms. The minimum absolute atomic E-state index is 0.0187. The summed E-state index contributed by atoms with van der Waals surface area (Å²) in [6.07, 6.45) is -0.243. The third-order valence-corrected chi connectivity index (χ3v) is 4.16. The van der Waals surface area contributed by atoms with Crippen molar-refractivity contribution in [2.45, 2.75) is 32.9 Å². The summed E-state index contributed by atoms with van der Waals surface area (Å²) >= 11 is 0. The Bertz CT molecular complexity index is 606. The van der Waals surface area contributed by atoms with E-state index in [4.69, 9.17) is 15.2 Å². The predicted octanol–water partition coefficient (Wildman–Crippen LogP) is 0.774. The van der Waals surface area contributed by atoms with Crippen LogP contribution in [0.4, 0.5) is 0 Å². The van der Waals surface area contributed by atoms with Crippen molar-refractivity contribution in [3.05, 3.63) is 24.3 Å². The summed E-state index contributed by atoms with van der Waals surface area (Å²) in [5.74, 6) is 0.923. The first-order chi connectivity index (χ1) is 11.9. The van der Waals surface area contributed by atoms with Crippen molar-refractivity contribution in [3.63, 3.8) is 0 Å². The average Bonchev–Trinajstić information content (AvgIpc) is 2.62. The van der Waals surface area contributed by atoms with E-state index in [9.17, 15) is 9.59 Å². The Balaban J connectivity index is 1.85. The molecule has 0 bridgehead atoms. The van der Waals surface area contributed by atoms with Crippen LogP contribution >= 0.6 is 0 Å². The molecule has 1 heterocycles. The van der Waals surface area contributed by atoms with Crippen LogP contribution in [0, 0.1) is 5.92 Å². The molecule has 0 saturated carbocycles. The number of likely N-dealkylation sites (N-methyl/N-ethyl adjacent to an activating group) is 1. The minimum Gasteiger partial charge on any atom is -0.486 e. The molecule has 0 fully saturated rings. The Morgan fingerprint density at radius 1 is 1.32 bits per heavy atom. The first-order valence-corrected chi connectivity index (χ1v) is 8.62. The first kappa shape index (κ1) is 19.1. The Kier molecular flexibility index (Phi) is 6.64. The maximum absolute atomic E-state index is 12.4. The van der Waals surface area contributed by atoms with Crippen LogP contribution in [-0.2, 0) is 9.59 Å². The molecule has 138 valence electrons. The second kappa shape index (κ2) is 8.71. The normalized spacial score (nSPS) is 17.1. The number of fused-ring (bicyclic) bond motifs is 1. The molecular formula is C18H27N3O4. The highest BCUT2D eigenvalue weighted by Crippen LogP contribution is 2.30. The lowest BCUT2D eigenvalue weighted by Gasteiger charge is -2.31. The van der Waals surface area contributed by atoms with Gasteiger partial charge in [-0.15, -0.1) is 0 Å². The molecule has 0 spiro atoms. The van der Waals surface area contributed by atoms with E-state index >= 15 is 0 Å². The third-order valence-electron chi connectivity index (χ3n) is 4.16. The maximum Gasteiger partial charge on any atom is 0.242 e. The molecule has 1 unspecified atom stereocenters. The number of para-hydroxylation sites is 2. The van der Waals surface area contributed by atoms with Gasteiger partial charge in [-0.2, -0.15) is 0 Å². The monoisotopic (exact) mass is 349 g/mol. The molecule has 3 N–H and O–H groups in total. The number of nitrogens with one attached hydrogen (secondary N) is 1. The Labute approximate surface area is 148 Å². The fourth-order valence-electron chi connectivity index (χ4n) is 2.50. The number of rotatable bonds is 7. The van der Waals surface area contributed by atoms with Crippen LogP contribution in [0.15, 0.2) is 24.3 Å². The number of amides is 2. The molecule has 7 heteroatoms. The SMILES string of the molecule is CCN(CC1COc2ccccc2O1)C(=O)CNC(=O)[C@@H](N)C(C)C. The summed E-state index contributed by atoms with van der Waals surface area (Å²) < 4.78 is 11.6. The van der Waals surface area contributed by atoms with Crippen molar-refractivity contribution >= 4 is 11.8 Å². The molecule has 1 aromatic rings. The summed E-state index contributed by atoms with van der Waals surface area (Å²) in [5.41, 5.74) is 5.78. The molecule has 0 aromatic heterocycles. The molecule has 1 aliphatic heterocycles. The zero-order valence-electron chi connectivity index (χ0n) is 15.0. The van der Waals surface area contributed by atoms with Crippen LogP contribution in [0.1, 0.15) is 20.8 Å². The van der Waals surface area contributed by atoms with Crippen LogP contribution in [0.2, 0.25) is 0 Å². The number of hydrogen-bond donors (Lipinski definition) is 2. The minimum atomic E-state index is -0.616. The lowest BCUT2D eigenvalue weighted by atomic mass is 10.1. The average molecular weight is 349 g/mol. The van der Waals surface area contributed by atoms with Crippen LogP contribution in [0.25, 0.3) is 0 Å². The molecule has 0 aliphatic carbocycles. The van der Waals surface area contributed by atoms with Crippen molar-refractivity contribution in [2.75, 3.05) is 26.2 Å². The number of nitrogens with two attached hydrogens (primary N) is 1. The van der Waals surface area contributed by atoms with Gasteiger partial charge >= 0.3 is 0 Å². The fourth-order valence-corrected chi connectivity index (χ4v) is 2.50. The van der Waals surface area contributed by atoms with E-state index in [1.807, 2.05) is 45.0 Å². The highest BCUT2D eigenvalue weighted by Gasteiger charge is 2.25. The standard InChI is InChI=1S/C18H27N3O4/c1-4-21(16(22)9-20-18(23)17(19)12(2)3)10-13-11-24-14-7-5-6-8-15(14)25-13/h5-8,12-13,17H,4,9-11,19H2,1-3H3,(H,20,23)/t13?,17-/m0/s1. The number of ether oxygens (including phenoxy) is 2. The largest absolute Gasteiger partial charge is 0.486 e. The van der Waals surface area contributed by atoms with Crippen molar-refractivity contribution < 1.29 is 19.1 Å². The lowest BCUT2D eigenvalue weighted by molar-refractivity contribution is -0.134. The summed E-state index contributed by atoms with van der Waals surface area (Å²) in [6, 6.07) is 6.83. The van der Waals surface area contributed by atoms with Gasteiger partial charge in [-0.05, 0) is 25.0 Å². The lowest BCUT2D eigenvalue weighted by Crippen LogP contribution is -2.50. The predicted molar refractivity (Wildman–Crippen MR) is 94.4 cm³/mol. The van der Waals surface area contributed by atoms with Crippen molar-refractivity contribution in [1.29, 1.82) is 0 Å². The molecule has 2 atom stereocenters. The van der Waals surface area contributed by atoms with Crippen molar-refractivity contribution in [1.82, 2.24) is 10.2 Å². The molecule has 2 rings (SSSR count). The second-order valence-electron chi connectivity index (χ2n) is 6.42. The summed E-state index contributed by atoms with van der Waals surface area (Å²) in [6.45, 7) is 6.84. The highest BCUT2D eigenvalue weighted by atomic mass is 16.6. The molecular weight excluding hydrogens is 322 g/mol.